The predicted molar refractivity (Wildman–Crippen MR) is 112 cm³/mol. The number of anilines is 1. The topological polar surface area (TPSA) is 61.9 Å². The summed E-state index contributed by atoms with van der Waals surface area (Å²) in [5, 5.41) is 2.86. The Morgan fingerprint density at radius 1 is 0.893 bits per heavy atom. The van der Waals surface area contributed by atoms with Gasteiger partial charge in [0.25, 0.3) is 0 Å². The molecule has 0 aromatic heterocycles. The molecular formula is C22H29N3O3. The number of nitrogens with zero attached hydrogens (tertiary/aromatic N) is 2. The Balaban J connectivity index is 1.79. The Hall–Kier alpha value is -2.86. The molecule has 0 atom stereocenters. The molecule has 0 aliphatic heterocycles. The number of nitrogens with one attached hydrogen (secondary N) is 1. The zero-order chi connectivity index (χ0) is 20.4. The van der Waals surface area contributed by atoms with Crippen LogP contribution in [-0.4, -0.2) is 55.3 Å². The molecule has 150 valence electrons. The lowest BCUT2D eigenvalue weighted by Crippen LogP contribution is -2.34. The number of para-hydroxylation sites is 1. The number of benzene rings is 2. The van der Waals surface area contributed by atoms with Crippen molar-refractivity contribution >= 4 is 17.5 Å². The van der Waals surface area contributed by atoms with E-state index in [-0.39, 0.29) is 18.2 Å². The maximum atomic E-state index is 12.2. The van der Waals surface area contributed by atoms with Gasteiger partial charge in [-0.2, -0.15) is 0 Å². The van der Waals surface area contributed by atoms with Crippen LogP contribution in [0.25, 0.3) is 0 Å². The van der Waals surface area contributed by atoms with Crippen LogP contribution in [0, 0.1) is 0 Å². The van der Waals surface area contributed by atoms with Crippen molar-refractivity contribution in [1.82, 2.24) is 9.80 Å². The van der Waals surface area contributed by atoms with Gasteiger partial charge in [0.1, 0.15) is 11.5 Å². The second-order valence-electron chi connectivity index (χ2n) is 6.90. The Labute approximate surface area is 167 Å². The molecule has 2 amide bonds. The second kappa shape index (κ2) is 11.1. The Morgan fingerprint density at radius 2 is 1.54 bits per heavy atom. The van der Waals surface area contributed by atoms with Crippen molar-refractivity contribution < 1.29 is 14.3 Å². The minimum Gasteiger partial charge on any atom is -0.457 e. The first kappa shape index (κ1) is 21.4. The van der Waals surface area contributed by atoms with Crippen LogP contribution in [0.1, 0.15) is 19.8 Å². The number of rotatable bonds is 10. The fraction of sp³-hybridized carbons (Fsp3) is 0.364. The number of ether oxygens (including phenoxy) is 1. The predicted octanol–water partition coefficient (Wildman–Crippen LogP) is 3.61. The average Bonchev–Trinajstić information content (AvgIpc) is 2.66. The second-order valence-corrected chi connectivity index (χ2v) is 6.90. The highest BCUT2D eigenvalue weighted by Gasteiger charge is 2.11. The zero-order valence-corrected chi connectivity index (χ0v) is 16.9. The lowest BCUT2D eigenvalue weighted by Gasteiger charge is -2.21. The van der Waals surface area contributed by atoms with Gasteiger partial charge in [0, 0.05) is 32.1 Å². The van der Waals surface area contributed by atoms with Gasteiger partial charge >= 0.3 is 0 Å². The fourth-order valence-electron chi connectivity index (χ4n) is 2.70. The third-order valence-electron chi connectivity index (χ3n) is 4.20. The van der Waals surface area contributed by atoms with Crippen LogP contribution >= 0.6 is 0 Å². The lowest BCUT2D eigenvalue weighted by atomic mass is 10.2. The third-order valence-corrected chi connectivity index (χ3v) is 4.20. The van der Waals surface area contributed by atoms with Crippen molar-refractivity contribution in [3.8, 4) is 11.5 Å². The van der Waals surface area contributed by atoms with Crippen LogP contribution < -0.4 is 10.1 Å². The molecule has 2 aromatic rings. The highest BCUT2D eigenvalue weighted by atomic mass is 16.5. The van der Waals surface area contributed by atoms with Gasteiger partial charge in [-0.05, 0) is 63.5 Å². The van der Waals surface area contributed by atoms with E-state index in [1.807, 2.05) is 56.6 Å². The number of carbonyl (C=O) groups excluding carboxylic acids is 2. The van der Waals surface area contributed by atoms with Gasteiger partial charge in [-0.25, -0.2) is 0 Å². The fourth-order valence-corrected chi connectivity index (χ4v) is 2.70. The van der Waals surface area contributed by atoms with E-state index in [1.165, 1.54) is 0 Å². The van der Waals surface area contributed by atoms with Gasteiger partial charge in [0.2, 0.25) is 11.8 Å². The molecule has 0 unspecified atom stereocenters. The Kier molecular flexibility index (Phi) is 8.49. The maximum Gasteiger partial charge on any atom is 0.226 e. The molecule has 0 aliphatic carbocycles. The average molecular weight is 383 g/mol. The number of carbonyl (C=O) groups is 2. The first-order chi connectivity index (χ1) is 13.4. The van der Waals surface area contributed by atoms with Gasteiger partial charge < -0.3 is 19.9 Å². The van der Waals surface area contributed by atoms with Crippen molar-refractivity contribution in [2.24, 2.45) is 0 Å². The van der Waals surface area contributed by atoms with Crippen LogP contribution in [-0.2, 0) is 9.59 Å². The molecule has 1 N–H and O–H groups in total. The van der Waals surface area contributed by atoms with Crippen LogP contribution in [0.5, 0.6) is 11.5 Å². The molecule has 0 aliphatic rings. The smallest absolute Gasteiger partial charge is 0.226 e. The minimum absolute atomic E-state index is 0.00558. The molecule has 0 saturated carbocycles. The molecule has 0 fully saturated rings. The van der Waals surface area contributed by atoms with E-state index >= 15 is 0 Å². The van der Waals surface area contributed by atoms with Crippen molar-refractivity contribution in [2.75, 3.05) is 39.0 Å². The summed E-state index contributed by atoms with van der Waals surface area (Å²) >= 11 is 0. The van der Waals surface area contributed by atoms with Gasteiger partial charge in [0.05, 0.1) is 0 Å². The quantitative estimate of drug-likeness (QED) is 0.681. The molecule has 0 spiro atoms. The summed E-state index contributed by atoms with van der Waals surface area (Å²) in [4.78, 5) is 27.8. The number of hydrogen-bond acceptors (Lipinski definition) is 4. The standard InChI is InChI=1S/C22H29N3O3/c1-18(26)25(16-7-15-24(2)3)17-14-22(27)23-19-10-12-21(13-11-19)28-20-8-5-4-6-9-20/h4-6,8-13H,7,14-17H2,1-3H3,(H,23,27). The molecule has 0 radical (unpaired) electrons. The van der Waals surface area contributed by atoms with E-state index in [9.17, 15) is 9.59 Å². The first-order valence-corrected chi connectivity index (χ1v) is 9.47. The summed E-state index contributed by atoms with van der Waals surface area (Å²) in [6.45, 7) is 3.53. The number of hydrogen-bond donors (Lipinski definition) is 1. The summed E-state index contributed by atoms with van der Waals surface area (Å²) < 4.78 is 5.74. The van der Waals surface area contributed by atoms with Crippen LogP contribution in [0.4, 0.5) is 5.69 Å². The number of amides is 2. The zero-order valence-electron chi connectivity index (χ0n) is 16.9. The summed E-state index contributed by atoms with van der Waals surface area (Å²) in [7, 11) is 4.00. The lowest BCUT2D eigenvalue weighted by molar-refractivity contribution is -0.129. The Bertz CT molecular complexity index is 745. The summed E-state index contributed by atoms with van der Waals surface area (Å²) in [6.07, 6.45) is 1.15. The van der Waals surface area contributed by atoms with Crippen molar-refractivity contribution in [1.29, 1.82) is 0 Å². The summed E-state index contributed by atoms with van der Waals surface area (Å²) in [5.74, 6) is 1.34. The largest absolute Gasteiger partial charge is 0.457 e. The SMILES string of the molecule is CC(=O)N(CCCN(C)C)CCC(=O)Nc1ccc(Oc2ccccc2)cc1. The van der Waals surface area contributed by atoms with E-state index in [0.29, 0.717) is 24.5 Å². The van der Waals surface area contributed by atoms with E-state index in [4.69, 9.17) is 4.74 Å². The maximum absolute atomic E-state index is 12.2. The highest BCUT2D eigenvalue weighted by molar-refractivity contribution is 5.91. The molecule has 28 heavy (non-hydrogen) atoms. The van der Waals surface area contributed by atoms with Crippen molar-refractivity contribution in [2.45, 2.75) is 19.8 Å². The molecule has 6 nitrogen and oxygen atoms in total. The van der Waals surface area contributed by atoms with E-state index in [1.54, 1.807) is 24.0 Å². The molecule has 0 heterocycles. The molecule has 6 heteroatoms. The van der Waals surface area contributed by atoms with E-state index < -0.39 is 0 Å². The molecule has 0 saturated heterocycles. The van der Waals surface area contributed by atoms with Gasteiger partial charge in [0.15, 0.2) is 0 Å². The van der Waals surface area contributed by atoms with Crippen LogP contribution in [0.2, 0.25) is 0 Å². The highest BCUT2D eigenvalue weighted by Crippen LogP contribution is 2.22. The monoisotopic (exact) mass is 383 g/mol. The van der Waals surface area contributed by atoms with Crippen molar-refractivity contribution in [3.63, 3.8) is 0 Å². The normalized spacial score (nSPS) is 10.6. The van der Waals surface area contributed by atoms with Gasteiger partial charge in [-0.3, -0.25) is 9.59 Å². The Morgan fingerprint density at radius 3 is 2.14 bits per heavy atom. The molecule has 2 aromatic carbocycles. The summed E-state index contributed by atoms with van der Waals surface area (Å²) in [6, 6.07) is 16.7. The molecule has 2 rings (SSSR count). The van der Waals surface area contributed by atoms with Crippen molar-refractivity contribution in [3.05, 3.63) is 54.6 Å². The first-order valence-electron chi connectivity index (χ1n) is 9.47. The molecule has 0 bridgehead atoms. The third kappa shape index (κ3) is 7.80. The van der Waals surface area contributed by atoms with Gasteiger partial charge in [-0.15, -0.1) is 0 Å². The minimum atomic E-state index is -0.115. The van der Waals surface area contributed by atoms with Crippen LogP contribution in [0.15, 0.2) is 54.6 Å². The summed E-state index contributed by atoms with van der Waals surface area (Å²) in [5.41, 5.74) is 0.701. The van der Waals surface area contributed by atoms with Crippen LogP contribution in [0.3, 0.4) is 0 Å². The van der Waals surface area contributed by atoms with E-state index in [0.717, 1.165) is 18.7 Å². The van der Waals surface area contributed by atoms with Gasteiger partial charge in [-0.1, -0.05) is 18.2 Å². The van der Waals surface area contributed by atoms with E-state index in [2.05, 4.69) is 10.2 Å². The molecular weight excluding hydrogens is 354 g/mol.